The summed E-state index contributed by atoms with van der Waals surface area (Å²) in [5.41, 5.74) is 1.21. The van der Waals surface area contributed by atoms with E-state index in [9.17, 15) is 0 Å². The molecule has 0 aliphatic heterocycles. The second kappa shape index (κ2) is 6.08. The topological polar surface area (TPSA) is 17.8 Å². The highest BCUT2D eigenvalue weighted by Crippen LogP contribution is 2.10. The van der Waals surface area contributed by atoms with Gasteiger partial charge in [0, 0.05) is 18.5 Å². The predicted octanol–water partition coefficient (Wildman–Crippen LogP) is 2.94. The molecule has 0 aliphatic rings. The molecule has 0 saturated carbocycles. The summed E-state index contributed by atoms with van der Waals surface area (Å²) in [6, 6.07) is 2.12. The lowest BCUT2D eigenvalue weighted by Crippen LogP contribution is -1.97. The summed E-state index contributed by atoms with van der Waals surface area (Å²) in [5.74, 6) is 2.30. The Morgan fingerprint density at radius 2 is 2.23 bits per heavy atom. The van der Waals surface area contributed by atoms with E-state index in [1.54, 1.807) is 0 Å². The van der Waals surface area contributed by atoms with Gasteiger partial charge in [0.25, 0.3) is 0 Å². The molecule has 0 aliphatic carbocycles. The van der Waals surface area contributed by atoms with Gasteiger partial charge in [-0.2, -0.15) is 16.9 Å². The van der Waals surface area contributed by atoms with Crippen LogP contribution in [-0.2, 0) is 12.3 Å². The van der Waals surface area contributed by atoms with Crippen LogP contribution in [0.2, 0.25) is 0 Å². The van der Waals surface area contributed by atoms with Crippen LogP contribution in [0.4, 0.5) is 0 Å². The van der Waals surface area contributed by atoms with Crippen molar-refractivity contribution in [3.05, 3.63) is 18.0 Å². The van der Waals surface area contributed by atoms with E-state index in [-0.39, 0.29) is 0 Å². The molecular formula is C10H18N2S. The fraction of sp³-hybridized carbons (Fsp3) is 0.700. The van der Waals surface area contributed by atoms with E-state index in [0.29, 0.717) is 0 Å². The van der Waals surface area contributed by atoms with E-state index in [1.807, 2.05) is 16.4 Å². The van der Waals surface area contributed by atoms with Crippen molar-refractivity contribution in [1.82, 2.24) is 9.78 Å². The summed E-state index contributed by atoms with van der Waals surface area (Å²) < 4.78 is 2.03. The molecule has 0 N–H and O–H groups in total. The molecule has 13 heavy (non-hydrogen) atoms. The molecule has 0 unspecified atom stereocenters. The first kappa shape index (κ1) is 10.6. The van der Waals surface area contributed by atoms with Crippen molar-refractivity contribution >= 4 is 11.8 Å². The summed E-state index contributed by atoms with van der Waals surface area (Å²) in [6.45, 7) is 5.42. The lowest BCUT2D eigenvalue weighted by atomic mass is 10.5. The Kier molecular flexibility index (Phi) is 4.98. The van der Waals surface area contributed by atoms with Crippen molar-refractivity contribution < 1.29 is 0 Å². The van der Waals surface area contributed by atoms with Crippen LogP contribution in [-0.4, -0.2) is 15.5 Å². The van der Waals surface area contributed by atoms with Crippen molar-refractivity contribution in [2.45, 2.75) is 39.0 Å². The molecule has 0 fully saturated rings. The van der Waals surface area contributed by atoms with Crippen LogP contribution in [0.25, 0.3) is 0 Å². The van der Waals surface area contributed by atoms with E-state index in [1.165, 1.54) is 17.9 Å². The standard InChI is InChI=1S/C10H18N2S/c1-3-6-12-7-5-10(11-12)9-13-8-4-2/h5,7H,3-4,6,8-9H2,1-2H3. The molecule has 0 aromatic carbocycles. The van der Waals surface area contributed by atoms with Gasteiger partial charge in [0.15, 0.2) is 0 Å². The zero-order valence-corrected chi connectivity index (χ0v) is 9.31. The van der Waals surface area contributed by atoms with Crippen LogP contribution in [0.15, 0.2) is 12.3 Å². The quantitative estimate of drug-likeness (QED) is 0.654. The smallest absolute Gasteiger partial charge is 0.0723 e. The summed E-state index contributed by atoms with van der Waals surface area (Å²) in [4.78, 5) is 0. The molecule has 0 spiro atoms. The number of rotatable bonds is 6. The number of thioether (sulfide) groups is 1. The van der Waals surface area contributed by atoms with E-state index in [4.69, 9.17) is 0 Å². The fourth-order valence-electron chi connectivity index (χ4n) is 1.16. The van der Waals surface area contributed by atoms with Gasteiger partial charge in [-0.15, -0.1) is 0 Å². The predicted molar refractivity (Wildman–Crippen MR) is 59.0 cm³/mol. The molecule has 0 amide bonds. The summed E-state index contributed by atoms with van der Waals surface area (Å²) in [6.07, 6.45) is 4.48. The van der Waals surface area contributed by atoms with Gasteiger partial charge < -0.3 is 0 Å². The zero-order valence-electron chi connectivity index (χ0n) is 8.49. The summed E-state index contributed by atoms with van der Waals surface area (Å²) >= 11 is 1.96. The van der Waals surface area contributed by atoms with E-state index < -0.39 is 0 Å². The van der Waals surface area contributed by atoms with Crippen molar-refractivity contribution in [2.24, 2.45) is 0 Å². The van der Waals surface area contributed by atoms with E-state index in [0.717, 1.165) is 18.7 Å². The monoisotopic (exact) mass is 198 g/mol. The Hall–Kier alpha value is -0.440. The van der Waals surface area contributed by atoms with Crippen LogP contribution >= 0.6 is 11.8 Å². The third-order valence-electron chi connectivity index (χ3n) is 1.75. The minimum absolute atomic E-state index is 1.04. The Bertz CT molecular complexity index is 233. The Labute approximate surface area is 84.7 Å². The molecule has 2 nitrogen and oxygen atoms in total. The van der Waals surface area contributed by atoms with Crippen LogP contribution in [0, 0.1) is 0 Å². The van der Waals surface area contributed by atoms with E-state index >= 15 is 0 Å². The minimum atomic E-state index is 1.04. The Balaban J connectivity index is 2.31. The maximum atomic E-state index is 4.47. The fourth-order valence-corrected chi connectivity index (χ4v) is 1.95. The van der Waals surface area contributed by atoms with Gasteiger partial charge in [0.1, 0.15) is 0 Å². The number of aryl methyl sites for hydroxylation is 1. The number of hydrogen-bond acceptors (Lipinski definition) is 2. The number of aromatic nitrogens is 2. The highest BCUT2D eigenvalue weighted by molar-refractivity contribution is 7.98. The molecule has 1 aromatic rings. The maximum absolute atomic E-state index is 4.47. The number of nitrogens with zero attached hydrogens (tertiary/aromatic N) is 2. The average Bonchev–Trinajstić information content (AvgIpc) is 2.54. The molecule has 1 rings (SSSR count). The molecule has 1 aromatic heterocycles. The summed E-state index contributed by atoms with van der Waals surface area (Å²) in [7, 11) is 0. The molecule has 1 heterocycles. The second-order valence-corrected chi connectivity index (χ2v) is 4.23. The van der Waals surface area contributed by atoms with Crippen molar-refractivity contribution in [2.75, 3.05) is 5.75 Å². The van der Waals surface area contributed by atoms with Gasteiger partial charge in [-0.25, -0.2) is 0 Å². The molecule has 0 atom stereocenters. The normalized spacial score (nSPS) is 10.6. The van der Waals surface area contributed by atoms with Gasteiger partial charge in [-0.05, 0) is 24.7 Å². The molecule has 0 bridgehead atoms. The highest BCUT2D eigenvalue weighted by atomic mass is 32.2. The molecule has 3 heteroatoms. The van der Waals surface area contributed by atoms with Crippen molar-refractivity contribution in [3.63, 3.8) is 0 Å². The van der Waals surface area contributed by atoms with Gasteiger partial charge >= 0.3 is 0 Å². The van der Waals surface area contributed by atoms with Crippen molar-refractivity contribution in [1.29, 1.82) is 0 Å². The van der Waals surface area contributed by atoms with Crippen LogP contribution in [0.1, 0.15) is 32.4 Å². The average molecular weight is 198 g/mol. The first-order chi connectivity index (χ1) is 6.36. The van der Waals surface area contributed by atoms with Crippen LogP contribution in [0.5, 0.6) is 0 Å². The SMILES string of the molecule is CCCSCc1ccn(CCC)n1. The van der Waals surface area contributed by atoms with Gasteiger partial charge in [0.05, 0.1) is 5.69 Å². The molecular weight excluding hydrogens is 180 g/mol. The van der Waals surface area contributed by atoms with Crippen molar-refractivity contribution in [3.8, 4) is 0 Å². The maximum Gasteiger partial charge on any atom is 0.0723 e. The Morgan fingerprint density at radius 1 is 1.38 bits per heavy atom. The van der Waals surface area contributed by atoms with Crippen LogP contribution in [0.3, 0.4) is 0 Å². The first-order valence-electron chi connectivity index (χ1n) is 4.97. The third-order valence-corrected chi connectivity index (χ3v) is 2.94. The molecule has 0 saturated heterocycles. The van der Waals surface area contributed by atoms with Crippen LogP contribution < -0.4 is 0 Å². The number of hydrogen-bond donors (Lipinski definition) is 0. The lowest BCUT2D eigenvalue weighted by Gasteiger charge is -1.97. The summed E-state index contributed by atoms with van der Waals surface area (Å²) in [5, 5.41) is 4.47. The van der Waals surface area contributed by atoms with Gasteiger partial charge in [-0.3, -0.25) is 4.68 Å². The zero-order chi connectivity index (χ0) is 9.52. The van der Waals surface area contributed by atoms with E-state index in [2.05, 4.69) is 31.2 Å². The third kappa shape index (κ3) is 3.85. The largest absolute Gasteiger partial charge is 0.272 e. The minimum Gasteiger partial charge on any atom is -0.272 e. The Morgan fingerprint density at radius 3 is 2.92 bits per heavy atom. The van der Waals surface area contributed by atoms with Gasteiger partial charge in [0.2, 0.25) is 0 Å². The van der Waals surface area contributed by atoms with Gasteiger partial charge in [-0.1, -0.05) is 13.8 Å². The molecule has 0 radical (unpaired) electrons. The first-order valence-corrected chi connectivity index (χ1v) is 6.12. The second-order valence-electron chi connectivity index (χ2n) is 3.12. The lowest BCUT2D eigenvalue weighted by molar-refractivity contribution is 0.598. The highest BCUT2D eigenvalue weighted by Gasteiger charge is 1.97. The molecule has 74 valence electrons.